The molecule has 5 rings (SSSR count). The molecule has 242 valence electrons. The van der Waals surface area contributed by atoms with Crippen LogP contribution in [0.15, 0.2) is 66.9 Å². The zero-order chi connectivity index (χ0) is 32.7. The Morgan fingerprint density at radius 1 is 1.00 bits per heavy atom. The van der Waals surface area contributed by atoms with E-state index in [4.69, 9.17) is 14.2 Å². The second kappa shape index (κ2) is 14.9. The van der Waals surface area contributed by atoms with Crippen molar-refractivity contribution in [2.45, 2.75) is 25.6 Å². The monoisotopic (exact) mass is 748 g/mol. The molecular formula is C33H32F3IN4O5. The molecule has 0 spiro atoms. The number of amides is 2. The predicted octanol–water partition coefficient (Wildman–Crippen LogP) is 6.26. The highest BCUT2D eigenvalue weighted by molar-refractivity contribution is 14.2. The normalized spacial score (nSPS) is 13.7. The Balaban J connectivity index is 1.27. The van der Waals surface area contributed by atoms with Crippen LogP contribution in [0.1, 0.15) is 24.0 Å². The number of fused-ring (bicyclic) bond motifs is 1. The van der Waals surface area contributed by atoms with Crippen molar-refractivity contribution in [1.29, 1.82) is 0 Å². The fraction of sp³-hybridized carbons (Fsp3) is 0.273. The van der Waals surface area contributed by atoms with Gasteiger partial charge >= 0.3 is 18.0 Å². The molecule has 4 aromatic rings. The zero-order valence-corrected chi connectivity index (χ0v) is 27.0. The van der Waals surface area contributed by atoms with Crippen LogP contribution in [0, 0.1) is 9.49 Å². The number of halogens is 4. The van der Waals surface area contributed by atoms with Crippen molar-refractivity contribution in [3.8, 4) is 23.0 Å². The van der Waals surface area contributed by atoms with Gasteiger partial charge in [-0.2, -0.15) is 13.2 Å². The summed E-state index contributed by atoms with van der Waals surface area (Å²) in [6.45, 7) is 2.10. The van der Waals surface area contributed by atoms with Gasteiger partial charge in [-0.25, -0.2) is 0 Å². The number of methoxy groups -OCH3 is 1. The van der Waals surface area contributed by atoms with Gasteiger partial charge in [0.15, 0.2) is 11.5 Å². The van der Waals surface area contributed by atoms with Gasteiger partial charge in [0.1, 0.15) is 11.5 Å². The predicted molar refractivity (Wildman–Crippen MR) is 178 cm³/mol. The molecule has 0 radical (unpaired) electrons. The number of hydrogen-bond acceptors (Lipinski definition) is 7. The van der Waals surface area contributed by atoms with E-state index in [-0.39, 0.29) is 5.56 Å². The maximum atomic E-state index is 13.3. The maximum absolute atomic E-state index is 13.3. The number of piperidine rings is 1. The standard InChI is InChI=1S/C33H32F3IN4O5/c1-37-25-15-22(41-32(43)31(42)40-18-21-5-3-4-6-24(21)33(34,35)36)7-8-28(25)46-27-11-14-39-26-17-30(29(44-2)16-23(26)27)45-19-20-9-12-38-13-10-20/h3-8,11,14-17,20,38H,1,9-10,12-13,18-19H2,2H3,(H,40,42)(H,41,43). The molecule has 0 bridgehead atoms. The van der Waals surface area contributed by atoms with Crippen LogP contribution in [0.3, 0.4) is 0 Å². The van der Waals surface area contributed by atoms with E-state index in [1.807, 2.05) is 12.1 Å². The van der Waals surface area contributed by atoms with Gasteiger partial charge in [0.05, 0.1) is 28.4 Å². The smallest absolute Gasteiger partial charge is 0.416 e. The Morgan fingerprint density at radius 3 is 2.52 bits per heavy atom. The molecule has 9 nitrogen and oxygen atoms in total. The molecule has 0 saturated carbocycles. The van der Waals surface area contributed by atoms with Crippen molar-refractivity contribution in [2.75, 3.05) is 32.1 Å². The summed E-state index contributed by atoms with van der Waals surface area (Å²) < 4.78 is 62.6. The van der Waals surface area contributed by atoms with Crippen LogP contribution in [-0.2, 0) is 22.3 Å². The Bertz CT molecular complexity index is 1740. The number of rotatable bonds is 10. The minimum atomic E-state index is -4.58. The Kier molecular flexibility index (Phi) is 10.7. The molecule has 1 aliphatic rings. The second-order valence-electron chi connectivity index (χ2n) is 10.5. The first-order chi connectivity index (χ1) is 22.2. The van der Waals surface area contributed by atoms with Gasteiger partial charge in [-0.15, -0.1) is 0 Å². The van der Waals surface area contributed by atoms with Crippen molar-refractivity contribution in [3.63, 3.8) is 0 Å². The summed E-state index contributed by atoms with van der Waals surface area (Å²) in [5.41, 5.74) is -0.0448. The number of pyridine rings is 1. The van der Waals surface area contributed by atoms with Gasteiger partial charge in [-0.05, 0) is 73.8 Å². The number of aromatic nitrogens is 1. The summed E-state index contributed by atoms with van der Waals surface area (Å²) >= 11 is -0.792. The summed E-state index contributed by atoms with van der Waals surface area (Å²) in [4.78, 5) is 29.5. The summed E-state index contributed by atoms with van der Waals surface area (Å²) in [7, 11) is 1.58. The number of ether oxygens (including phenoxy) is 3. The number of carbonyl (C=O) groups is 2. The first-order valence-corrected chi connectivity index (χ1v) is 17.0. The topological polar surface area (TPSA) is 111 Å². The number of carbonyl (C=O) groups excluding carboxylic acids is 2. The highest BCUT2D eigenvalue weighted by atomic mass is 127. The van der Waals surface area contributed by atoms with E-state index in [9.17, 15) is 22.8 Å². The average molecular weight is 749 g/mol. The maximum Gasteiger partial charge on any atom is 0.416 e. The third kappa shape index (κ3) is 8.12. The van der Waals surface area contributed by atoms with Crippen LogP contribution in [0.25, 0.3) is 10.9 Å². The van der Waals surface area contributed by atoms with E-state index in [2.05, 4.69) is 25.4 Å². The summed E-state index contributed by atoms with van der Waals surface area (Å²) in [5.74, 6) is 0.597. The van der Waals surface area contributed by atoms with Crippen LogP contribution >= 0.6 is 20.7 Å². The summed E-state index contributed by atoms with van der Waals surface area (Å²) in [6, 6.07) is 15.1. The molecule has 2 amide bonds. The van der Waals surface area contributed by atoms with Crippen LogP contribution < -0.4 is 30.2 Å². The molecule has 46 heavy (non-hydrogen) atoms. The van der Waals surface area contributed by atoms with E-state index >= 15 is 0 Å². The van der Waals surface area contributed by atoms with Crippen LogP contribution in [0.5, 0.6) is 23.0 Å². The fourth-order valence-corrected chi connectivity index (χ4v) is 6.25. The Labute approximate surface area is 273 Å². The van der Waals surface area contributed by atoms with Gasteiger partial charge < -0.3 is 30.2 Å². The summed E-state index contributed by atoms with van der Waals surface area (Å²) in [5, 5.41) is 8.81. The van der Waals surface area contributed by atoms with E-state index in [1.54, 1.807) is 37.6 Å². The molecule has 1 aromatic heterocycles. The number of hydrogen-bond donors (Lipinski definition) is 3. The molecule has 1 aliphatic heterocycles. The molecule has 3 aromatic carbocycles. The third-order valence-corrected chi connectivity index (χ3v) is 9.11. The van der Waals surface area contributed by atoms with E-state index in [0.29, 0.717) is 52.1 Å². The molecule has 1 saturated heterocycles. The zero-order valence-electron chi connectivity index (χ0n) is 24.9. The molecule has 0 aliphatic carbocycles. The van der Waals surface area contributed by atoms with Crippen molar-refractivity contribution in [3.05, 3.63) is 81.6 Å². The number of alkyl halides is 3. The van der Waals surface area contributed by atoms with Crippen molar-refractivity contribution >= 4 is 53.7 Å². The van der Waals surface area contributed by atoms with E-state index in [1.165, 1.54) is 18.2 Å². The van der Waals surface area contributed by atoms with Crippen LogP contribution in [0.4, 0.5) is 18.9 Å². The number of nitrogens with zero attached hydrogens (tertiary/aromatic N) is 1. The van der Waals surface area contributed by atoms with Crippen LogP contribution in [-0.4, -0.2) is 48.1 Å². The van der Waals surface area contributed by atoms with Gasteiger partial charge in [-0.1, -0.05) is 43.4 Å². The van der Waals surface area contributed by atoms with E-state index in [0.717, 1.165) is 35.6 Å². The Morgan fingerprint density at radius 2 is 1.78 bits per heavy atom. The lowest BCUT2D eigenvalue weighted by Crippen LogP contribution is -2.35. The summed E-state index contributed by atoms with van der Waals surface area (Å²) in [6.07, 6.45) is -0.835. The first kappa shape index (κ1) is 33.1. The van der Waals surface area contributed by atoms with Gasteiger partial charge in [0.25, 0.3) is 0 Å². The van der Waals surface area contributed by atoms with Gasteiger partial charge in [0.2, 0.25) is 0 Å². The molecular weight excluding hydrogens is 716 g/mol. The third-order valence-electron chi connectivity index (χ3n) is 7.44. The largest absolute Gasteiger partial charge is 0.493 e. The lowest BCUT2D eigenvalue weighted by atomic mass is 9.99. The lowest BCUT2D eigenvalue weighted by molar-refractivity contribution is -0.139. The number of benzene rings is 3. The van der Waals surface area contributed by atoms with Gasteiger partial charge in [-0.3, -0.25) is 14.6 Å². The minimum absolute atomic E-state index is 0.149. The number of anilines is 1. The molecule has 2 heterocycles. The Hall–Kier alpha value is -4.24. The fourth-order valence-electron chi connectivity index (χ4n) is 5.02. The van der Waals surface area contributed by atoms with Gasteiger partial charge in [0, 0.05) is 29.9 Å². The molecule has 3 N–H and O–H groups in total. The van der Waals surface area contributed by atoms with Crippen molar-refractivity contribution in [1.82, 2.24) is 15.6 Å². The van der Waals surface area contributed by atoms with Crippen molar-refractivity contribution < 1.29 is 37.0 Å². The highest BCUT2D eigenvalue weighted by Crippen LogP contribution is 2.39. The molecule has 0 atom stereocenters. The minimum Gasteiger partial charge on any atom is -0.493 e. The van der Waals surface area contributed by atoms with Crippen LogP contribution in [0.2, 0.25) is 0 Å². The highest BCUT2D eigenvalue weighted by Gasteiger charge is 2.33. The number of nitrogens with one attached hydrogen (secondary N) is 3. The second-order valence-corrected chi connectivity index (χ2v) is 12.4. The van der Waals surface area contributed by atoms with Crippen molar-refractivity contribution in [2.24, 2.45) is 5.92 Å². The molecule has 13 heteroatoms. The molecule has 1 fully saturated rings. The lowest BCUT2D eigenvalue weighted by Gasteiger charge is -2.23. The average Bonchev–Trinajstić information content (AvgIpc) is 3.06. The SMILES string of the molecule is C=Ic1cc(NC(=O)C(=O)NCc2ccccc2C(F)(F)F)ccc1Oc1ccnc2cc(OCC3CCNCC3)c(OC)cc12. The first-order valence-electron chi connectivity index (χ1n) is 14.4. The van der Waals surface area contributed by atoms with E-state index < -0.39 is 50.8 Å². The quantitative estimate of drug-likeness (QED) is 0.130. The molecule has 0 unspecified atom stereocenters.